The van der Waals surface area contributed by atoms with Crippen molar-refractivity contribution in [3.63, 3.8) is 0 Å². The highest BCUT2D eigenvalue weighted by Gasteiger charge is 2.21. The van der Waals surface area contributed by atoms with Crippen molar-refractivity contribution in [3.05, 3.63) is 81.8 Å². The molecule has 0 atom stereocenters. The maximum atomic E-state index is 12.9. The lowest BCUT2D eigenvalue weighted by Gasteiger charge is -2.14. The minimum Gasteiger partial charge on any atom is -0.465 e. The van der Waals surface area contributed by atoms with Crippen molar-refractivity contribution in [2.45, 2.75) is 16.7 Å². The van der Waals surface area contributed by atoms with Crippen LogP contribution in [0.15, 0.2) is 70.5 Å². The fourth-order valence-electron chi connectivity index (χ4n) is 2.88. The zero-order valence-corrected chi connectivity index (χ0v) is 20.4. The number of para-hydroxylation sites is 1. The van der Waals surface area contributed by atoms with Crippen LogP contribution < -0.4 is 9.44 Å². The van der Waals surface area contributed by atoms with E-state index in [0.717, 1.165) is 0 Å². The molecule has 0 saturated heterocycles. The summed E-state index contributed by atoms with van der Waals surface area (Å²) in [5, 5.41) is 0.302. The topological polar surface area (TPSA) is 119 Å². The molecule has 12 heteroatoms. The molecule has 8 nitrogen and oxygen atoms in total. The highest BCUT2D eigenvalue weighted by Crippen LogP contribution is 2.27. The van der Waals surface area contributed by atoms with Crippen LogP contribution in [0.4, 0.5) is 11.4 Å². The molecule has 0 unspecified atom stereocenters. The van der Waals surface area contributed by atoms with E-state index in [-0.39, 0.29) is 36.8 Å². The minimum atomic E-state index is -4.09. The van der Waals surface area contributed by atoms with Crippen molar-refractivity contribution in [3.8, 4) is 0 Å². The predicted molar refractivity (Wildman–Crippen MR) is 127 cm³/mol. The van der Waals surface area contributed by atoms with Gasteiger partial charge in [-0.1, -0.05) is 35.3 Å². The Morgan fingerprint density at radius 3 is 1.97 bits per heavy atom. The van der Waals surface area contributed by atoms with Crippen LogP contribution in [-0.4, -0.2) is 29.9 Å². The molecule has 0 heterocycles. The lowest BCUT2D eigenvalue weighted by molar-refractivity contribution is 0.0602. The van der Waals surface area contributed by atoms with E-state index in [1.807, 2.05) is 0 Å². The van der Waals surface area contributed by atoms with Crippen LogP contribution in [-0.2, 0) is 24.8 Å². The summed E-state index contributed by atoms with van der Waals surface area (Å²) in [6.07, 6.45) is 0. The number of nitrogens with one attached hydrogen (secondary N) is 2. The van der Waals surface area contributed by atoms with E-state index in [0.29, 0.717) is 5.56 Å². The molecule has 0 fully saturated rings. The van der Waals surface area contributed by atoms with Gasteiger partial charge in [-0.05, 0) is 61.0 Å². The van der Waals surface area contributed by atoms with E-state index in [2.05, 4.69) is 9.44 Å². The summed E-state index contributed by atoms with van der Waals surface area (Å²) in [5.41, 5.74) is 0.792. The van der Waals surface area contributed by atoms with Gasteiger partial charge in [0, 0.05) is 15.7 Å². The Hall–Kier alpha value is -2.79. The number of methoxy groups -OCH3 is 1. The Morgan fingerprint density at radius 1 is 0.818 bits per heavy atom. The lowest BCUT2D eigenvalue weighted by Crippen LogP contribution is -2.17. The number of aryl methyl sites for hydroxylation is 1. The van der Waals surface area contributed by atoms with Gasteiger partial charge in [-0.2, -0.15) is 0 Å². The standard InChI is InChI=1S/C21H18Cl2N2O6S2/c1-13-4-3-5-19(21(26)31-2)20(13)25-32(27,28)17-8-6-16(7-9-17)24-33(29,30)18-11-14(22)10-15(23)12-18/h3-12,24-25H,1-2H3. The van der Waals surface area contributed by atoms with Gasteiger partial charge in [0.2, 0.25) is 0 Å². The van der Waals surface area contributed by atoms with Gasteiger partial charge in [0.05, 0.1) is 28.2 Å². The maximum absolute atomic E-state index is 12.9. The highest BCUT2D eigenvalue weighted by atomic mass is 35.5. The van der Waals surface area contributed by atoms with Crippen LogP contribution in [0.25, 0.3) is 0 Å². The van der Waals surface area contributed by atoms with Crippen LogP contribution in [0.2, 0.25) is 10.0 Å². The summed E-state index contributed by atoms with van der Waals surface area (Å²) in [4.78, 5) is 11.7. The third kappa shape index (κ3) is 5.77. The van der Waals surface area contributed by atoms with E-state index >= 15 is 0 Å². The molecular formula is C21H18Cl2N2O6S2. The summed E-state index contributed by atoms with van der Waals surface area (Å²) in [7, 11) is -6.91. The number of halogens is 2. The fourth-order valence-corrected chi connectivity index (χ4v) is 5.81. The molecule has 3 rings (SSSR count). The number of hydrogen-bond donors (Lipinski definition) is 2. The van der Waals surface area contributed by atoms with Crippen molar-refractivity contribution >= 4 is 60.6 Å². The first kappa shape index (κ1) is 24.8. The van der Waals surface area contributed by atoms with E-state index < -0.39 is 26.0 Å². The Labute approximate surface area is 201 Å². The normalized spacial score (nSPS) is 11.6. The van der Waals surface area contributed by atoms with Crippen molar-refractivity contribution < 1.29 is 26.4 Å². The van der Waals surface area contributed by atoms with Gasteiger partial charge in [-0.25, -0.2) is 21.6 Å². The molecule has 174 valence electrons. The molecule has 0 aliphatic carbocycles. The number of carbonyl (C=O) groups excluding carboxylic acids is 1. The molecule has 0 bridgehead atoms. The molecule has 0 radical (unpaired) electrons. The number of hydrogen-bond acceptors (Lipinski definition) is 6. The summed E-state index contributed by atoms with van der Waals surface area (Å²) >= 11 is 11.7. The zero-order valence-electron chi connectivity index (χ0n) is 17.3. The molecule has 3 aromatic carbocycles. The number of ether oxygens (including phenoxy) is 1. The molecule has 0 aromatic heterocycles. The number of benzene rings is 3. The van der Waals surface area contributed by atoms with Crippen LogP contribution in [0.1, 0.15) is 15.9 Å². The largest absolute Gasteiger partial charge is 0.465 e. The quantitative estimate of drug-likeness (QED) is 0.429. The molecule has 3 aromatic rings. The second kappa shape index (κ2) is 9.60. The third-order valence-corrected chi connectivity index (χ3v) is 7.64. The van der Waals surface area contributed by atoms with Gasteiger partial charge in [-0.15, -0.1) is 0 Å². The van der Waals surface area contributed by atoms with Crippen molar-refractivity contribution in [2.24, 2.45) is 0 Å². The van der Waals surface area contributed by atoms with Gasteiger partial charge < -0.3 is 4.74 Å². The fraction of sp³-hybridized carbons (Fsp3) is 0.0952. The number of carbonyl (C=O) groups is 1. The molecule has 33 heavy (non-hydrogen) atoms. The van der Waals surface area contributed by atoms with Gasteiger partial charge in [0.1, 0.15) is 0 Å². The Morgan fingerprint density at radius 2 is 1.39 bits per heavy atom. The molecule has 0 amide bonds. The lowest BCUT2D eigenvalue weighted by atomic mass is 10.1. The number of esters is 1. The summed E-state index contributed by atoms with van der Waals surface area (Å²) in [6.45, 7) is 1.64. The first-order valence-corrected chi connectivity index (χ1v) is 12.9. The minimum absolute atomic E-state index is 0.0608. The van der Waals surface area contributed by atoms with E-state index in [9.17, 15) is 21.6 Å². The van der Waals surface area contributed by atoms with Crippen LogP contribution in [0.5, 0.6) is 0 Å². The van der Waals surface area contributed by atoms with Gasteiger partial charge in [-0.3, -0.25) is 9.44 Å². The highest BCUT2D eigenvalue weighted by molar-refractivity contribution is 7.93. The van der Waals surface area contributed by atoms with Crippen LogP contribution in [0, 0.1) is 6.92 Å². The predicted octanol–water partition coefficient (Wildman–Crippen LogP) is 4.69. The van der Waals surface area contributed by atoms with E-state index in [4.69, 9.17) is 27.9 Å². The summed E-state index contributed by atoms with van der Waals surface area (Å²) < 4.78 is 60.4. The Bertz CT molecular complexity index is 1400. The van der Waals surface area contributed by atoms with Gasteiger partial charge in [0.15, 0.2) is 0 Å². The molecule has 0 aliphatic rings. The molecular weight excluding hydrogens is 511 g/mol. The van der Waals surface area contributed by atoms with Crippen LogP contribution >= 0.6 is 23.2 Å². The summed E-state index contributed by atoms with van der Waals surface area (Å²) in [6, 6.07) is 13.6. The van der Waals surface area contributed by atoms with Crippen molar-refractivity contribution in [1.29, 1.82) is 0 Å². The molecule has 0 aliphatic heterocycles. The summed E-state index contributed by atoms with van der Waals surface area (Å²) in [5.74, 6) is -0.692. The molecule has 0 saturated carbocycles. The van der Waals surface area contributed by atoms with Crippen molar-refractivity contribution in [2.75, 3.05) is 16.6 Å². The van der Waals surface area contributed by atoms with Crippen molar-refractivity contribution in [1.82, 2.24) is 0 Å². The maximum Gasteiger partial charge on any atom is 0.340 e. The molecule has 0 spiro atoms. The first-order chi connectivity index (χ1) is 15.4. The second-order valence-corrected chi connectivity index (χ2v) is 11.1. The Kier molecular flexibility index (Phi) is 7.23. The first-order valence-electron chi connectivity index (χ1n) is 9.23. The number of sulfonamides is 2. The van der Waals surface area contributed by atoms with Gasteiger partial charge in [0.25, 0.3) is 20.0 Å². The van der Waals surface area contributed by atoms with E-state index in [1.165, 1.54) is 55.6 Å². The average molecular weight is 529 g/mol. The average Bonchev–Trinajstić information content (AvgIpc) is 2.74. The van der Waals surface area contributed by atoms with Gasteiger partial charge >= 0.3 is 5.97 Å². The zero-order chi connectivity index (χ0) is 24.4. The SMILES string of the molecule is COC(=O)c1cccc(C)c1NS(=O)(=O)c1ccc(NS(=O)(=O)c2cc(Cl)cc(Cl)c2)cc1. The number of rotatable bonds is 7. The smallest absolute Gasteiger partial charge is 0.340 e. The number of anilines is 2. The second-order valence-electron chi connectivity index (χ2n) is 6.83. The third-order valence-electron chi connectivity index (χ3n) is 4.48. The van der Waals surface area contributed by atoms with E-state index in [1.54, 1.807) is 19.1 Å². The molecule has 2 N–H and O–H groups in total. The monoisotopic (exact) mass is 528 g/mol. The van der Waals surface area contributed by atoms with Crippen LogP contribution in [0.3, 0.4) is 0 Å². The Balaban J connectivity index is 1.86.